The van der Waals surface area contributed by atoms with Crippen LogP contribution >= 0.6 is 0 Å². The van der Waals surface area contributed by atoms with E-state index >= 15 is 0 Å². The van der Waals surface area contributed by atoms with Crippen molar-refractivity contribution in [3.63, 3.8) is 0 Å². The van der Waals surface area contributed by atoms with Gasteiger partial charge in [-0.25, -0.2) is 4.39 Å². The number of cyclic esters (lactones) is 1. The predicted octanol–water partition coefficient (Wildman–Crippen LogP) is 2.92. The Hall–Kier alpha value is -1.71. The van der Waals surface area contributed by atoms with Gasteiger partial charge in [-0.15, -0.1) is 0 Å². The largest absolute Gasteiger partial charge is 0.461 e. The summed E-state index contributed by atoms with van der Waals surface area (Å²) in [4.78, 5) is 23.9. The molecule has 0 spiro atoms. The van der Waals surface area contributed by atoms with Gasteiger partial charge >= 0.3 is 5.97 Å². The summed E-state index contributed by atoms with van der Waals surface area (Å²) in [7, 11) is 0. The molecule has 0 radical (unpaired) electrons. The molecule has 0 N–H and O–H groups in total. The molecule has 0 saturated carbocycles. The summed E-state index contributed by atoms with van der Waals surface area (Å²) in [6, 6.07) is 6.41. The van der Waals surface area contributed by atoms with Crippen LogP contribution in [-0.4, -0.2) is 17.9 Å². The fourth-order valence-electron chi connectivity index (χ4n) is 2.40. The van der Waals surface area contributed by atoms with Crippen molar-refractivity contribution in [2.75, 3.05) is 0 Å². The molecular weight excluding hydrogens is 259 g/mol. The Morgan fingerprint density at radius 1 is 1.30 bits per heavy atom. The third-order valence-electron chi connectivity index (χ3n) is 3.75. The number of carbonyl (C=O) groups excluding carboxylic acids is 2. The van der Waals surface area contributed by atoms with Crippen LogP contribution in [0, 0.1) is 17.7 Å². The second kappa shape index (κ2) is 6.16. The van der Waals surface area contributed by atoms with E-state index in [1.54, 1.807) is 18.2 Å². The Bertz CT molecular complexity index is 492. The lowest BCUT2D eigenvalue weighted by Gasteiger charge is -2.29. The van der Waals surface area contributed by atoms with Gasteiger partial charge in [0, 0.05) is 6.42 Å². The molecule has 0 amide bonds. The molecule has 0 aliphatic carbocycles. The van der Waals surface area contributed by atoms with Crippen LogP contribution in [0.4, 0.5) is 4.39 Å². The molecule has 1 aliphatic heterocycles. The van der Waals surface area contributed by atoms with E-state index in [1.165, 1.54) is 6.07 Å². The molecule has 0 bridgehead atoms. The number of rotatable bonds is 4. The SMILES string of the molecule is CC(C)C1CC(=O)C(CCc2ccccc2F)C(=O)O1. The van der Waals surface area contributed by atoms with Gasteiger partial charge < -0.3 is 4.74 Å². The van der Waals surface area contributed by atoms with Gasteiger partial charge in [-0.1, -0.05) is 32.0 Å². The number of aryl methyl sites for hydroxylation is 1. The maximum Gasteiger partial charge on any atom is 0.316 e. The van der Waals surface area contributed by atoms with E-state index in [9.17, 15) is 14.0 Å². The van der Waals surface area contributed by atoms with E-state index in [1.807, 2.05) is 13.8 Å². The van der Waals surface area contributed by atoms with E-state index in [2.05, 4.69) is 0 Å². The topological polar surface area (TPSA) is 43.4 Å². The number of hydrogen-bond donors (Lipinski definition) is 0. The average Bonchev–Trinajstić information content (AvgIpc) is 2.39. The molecule has 0 aromatic heterocycles. The lowest BCUT2D eigenvalue weighted by atomic mass is 9.87. The fourth-order valence-corrected chi connectivity index (χ4v) is 2.40. The zero-order valence-electron chi connectivity index (χ0n) is 11.8. The molecule has 2 unspecified atom stereocenters. The molecule has 4 heteroatoms. The Morgan fingerprint density at radius 3 is 2.60 bits per heavy atom. The van der Waals surface area contributed by atoms with Crippen LogP contribution in [0.5, 0.6) is 0 Å². The van der Waals surface area contributed by atoms with Crippen molar-refractivity contribution in [3.8, 4) is 0 Å². The minimum Gasteiger partial charge on any atom is -0.461 e. The first-order valence-corrected chi connectivity index (χ1v) is 6.95. The Kier molecular flexibility index (Phi) is 4.53. The highest BCUT2D eigenvalue weighted by atomic mass is 19.1. The molecule has 1 aliphatic rings. The first-order valence-electron chi connectivity index (χ1n) is 6.95. The molecule has 1 heterocycles. The first kappa shape index (κ1) is 14.7. The molecule has 1 aromatic carbocycles. The van der Waals surface area contributed by atoms with Gasteiger partial charge in [-0.05, 0) is 30.4 Å². The summed E-state index contributed by atoms with van der Waals surface area (Å²) in [6.45, 7) is 3.84. The predicted molar refractivity (Wildman–Crippen MR) is 72.6 cm³/mol. The molecule has 2 atom stereocenters. The summed E-state index contributed by atoms with van der Waals surface area (Å²) < 4.78 is 18.8. The Balaban J connectivity index is 1.98. The highest BCUT2D eigenvalue weighted by molar-refractivity contribution is 6.01. The van der Waals surface area contributed by atoms with E-state index in [0.717, 1.165) is 0 Å². The van der Waals surface area contributed by atoms with Crippen LogP contribution in [0.1, 0.15) is 32.3 Å². The lowest BCUT2D eigenvalue weighted by molar-refractivity contribution is -0.167. The van der Waals surface area contributed by atoms with Crippen LogP contribution in [0.25, 0.3) is 0 Å². The van der Waals surface area contributed by atoms with Crippen molar-refractivity contribution in [1.82, 2.24) is 0 Å². The van der Waals surface area contributed by atoms with Crippen LogP contribution in [-0.2, 0) is 20.7 Å². The number of hydrogen-bond acceptors (Lipinski definition) is 3. The summed E-state index contributed by atoms with van der Waals surface area (Å²) in [5.74, 6) is -1.46. The zero-order valence-corrected chi connectivity index (χ0v) is 11.8. The second-order valence-electron chi connectivity index (χ2n) is 5.57. The lowest BCUT2D eigenvalue weighted by Crippen LogP contribution is -2.40. The normalized spacial score (nSPS) is 23.0. The molecule has 3 nitrogen and oxygen atoms in total. The second-order valence-corrected chi connectivity index (χ2v) is 5.57. The van der Waals surface area contributed by atoms with E-state index in [4.69, 9.17) is 4.74 Å². The molecule has 1 saturated heterocycles. The van der Waals surface area contributed by atoms with Crippen molar-refractivity contribution in [3.05, 3.63) is 35.6 Å². The number of ether oxygens (including phenoxy) is 1. The highest BCUT2D eigenvalue weighted by Crippen LogP contribution is 2.25. The summed E-state index contributed by atoms with van der Waals surface area (Å²) in [6.07, 6.45) is 0.624. The number of halogens is 1. The molecule has 108 valence electrons. The summed E-state index contributed by atoms with van der Waals surface area (Å²) >= 11 is 0. The van der Waals surface area contributed by atoms with Crippen LogP contribution in [0.15, 0.2) is 24.3 Å². The monoisotopic (exact) mass is 278 g/mol. The molecular formula is C16H19FO3. The number of carbonyl (C=O) groups is 2. The molecule has 1 fully saturated rings. The number of benzene rings is 1. The Morgan fingerprint density at radius 2 is 2.00 bits per heavy atom. The highest BCUT2D eigenvalue weighted by Gasteiger charge is 2.37. The molecule has 2 rings (SSSR count). The van der Waals surface area contributed by atoms with Gasteiger partial charge in [0.1, 0.15) is 17.8 Å². The maximum atomic E-state index is 13.5. The third kappa shape index (κ3) is 3.24. The Labute approximate surface area is 118 Å². The third-order valence-corrected chi connectivity index (χ3v) is 3.75. The zero-order chi connectivity index (χ0) is 14.7. The minimum atomic E-state index is -0.746. The first-order chi connectivity index (χ1) is 9.49. The minimum absolute atomic E-state index is 0.0868. The van der Waals surface area contributed by atoms with Crippen molar-refractivity contribution in [2.45, 2.75) is 39.2 Å². The van der Waals surface area contributed by atoms with E-state index < -0.39 is 11.9 Å². The van der Waals surface area contributed by atoms with Gasteiger partial charge in [-0.3, -0.25) is 9.59 Å². The van der Waals surface area contributed by atoms with Crippen molar-refractivity contribution >= 4 is 11.8 Å². The van der Waals surface area contributed by atoms with Crippen molar-refractivity contribution < 1.29 is 18.7 Å². The molecule has 20 heavy (non-hydrogen) atoms. The standard InChI is InChI=1S/C16H19FO3/c1-10(2)15-9-14(18)12(16(19)20-15)8-7-11-5-3-4-6-13(11)17/h3-6,10,12,15H,7-9H2,1-2H3. The number of Topliss-reactive ketones (excluding diaryl/α,β-unsaturated/α-hetero) is 1. The molecule has 1 aromatic rings. The van der Waals surface area contributed by atoms with E-state index in [-0.39, 0.29) is 30.0 Å². The number of ketones is 1. The fraction of sp³-hybridized carbons (Fsp3) is 0.500. The van der Waals surface area contributed by atoms with E-state index in [0.29, 0.717) is 18.4 Å². The number of esters is 1. The van der Waals surface area contributed by atoms with Gasteiger partial charge in [-0.2, -0.15) is 0 Å². The van der Waals surface area contributed by atoms with Crippen LogP contribution in [0.2, 0.25) is 0 Å². The van der Waals surface area contributed by atoms with Gasteiger partial charge in [0.2, 0.25) is 0 Å². The van der Waals surface area contributed by atoms with Crippen molar-refractivity contribution in [2.24, 2.45) is 11.8 Å². The summed E-state index contributed by atoms with van der Waals surface area (Å²) in [5, 5.41) is 0. The van der Waals surface area contributed by atoms with Gasteiger partial charge in [0.25, 0.3) is 0 Å². The smallest absolute Gasteiger partial charge is 0.316 e. The van der Waals surface area contributed by atoms with Gasteiger partial charge in [0.05, 0.1) is 0 Å². The maximum absolute atomic E-state index is 13.5. The van der Waals surface area contributed by atoms with Crippen LogP contribution < -0.4 is 0 Å². The van der Waals surface area contributed by atoms with Gasteiger partial charge in [0.15, 0.2) is 5.78 Å². The van der Waals surface area contributed by atoms with Crippen LogP contribution in [0.3, 0.4) is 0 Å². The summed E-state index contributed by atoms with van der Waals surface area (Å²) in [5.41, 5.74) is 0.527. The van der Waals surface area contributed by atoms with Crippen molar-refractivity contribution in [1.29, 1.82) is 0 Å². The quantitative estimate of drug-likeness (QED) is 0.628. The average molecular weight is 278 g/mol.